The number of hydrogen-bond donors (Lipinski definition) is 1. The SMILES string of the molecule is CCCCN(C(=O)c1nn(-c2ccc(C(=O)NS(=O)(=O)c3ccc4ccccc4c3)cc2C(=O)N2CCc3ccccc3C2)c(C)c1Cl)c1ccc(CC(=O)OCC)cc1. The molecule has 60 heavy (non-hydrogen) atoms. The Bertz CT molecular complexity index is 2730. The monoisotopic (exact) mass is 845 g/mol. The highest BCUT2D eigenvalue weighted by Crippen LogP contribution is 2.31. The number of nitrogens with one attached hydrogen (secondary N) is 1. The zero-order valence-corrected chi connectivity index (χ0v) is 35.1. The molecule has 1 aliphatic heterocycles. The summed E-state index contributed by atoms with van der Waals surface area (Å²) < 4.78 is 35.6. The van der Waals surface area contributed by atoms with E-state index >= 15 is 0 Å². The van der Waals surface area contributed by atoms with Gasteiger partial charge in [0.1, 0.15) is 0 Å². The Hall–Kier alpha value is -6.31. The molecule has 12 nitrogen and oxygen atoms in total. The molecular formula is C46H44ClN5O7S. The van der Waals surface area contributed by atoms with Gasteiger partial charge in [-0.05, 0) is 96.6 Å². The Morgan fingerprint density at radius 2 is 1.58 bits per heavy atom. The van der Waals surface area contributed by atoms with Crippen molar-refractivity contribution in [2.75, 3.05) is 24.6 Å². The zero-order valence-electron chi connectivity index (χ0n) is 33.5. The molecule has 1 aromatic heterocycles. The lowest BCUT2D eigenvalue weighted by Gasteiger charge is -2.29. The zero-order chi connectivity index (χ0) is 42.6. The number of hydrogen-bond acceptors (Lipinski definition) is 8. The van der Waals surface area contributed by atoms with Crippen LogP contribution in [-0.2, 0) is 38.9 Å². The summed E-state index contributed by atoms with van der Waals surface area (Å²) in [5.41, 5.74) is 3.99. The van der Waals surface area contributed by atoms with E-state index in [0.717, 1.165) is 28.5 Å². The van der Waals surface area contributed by atoms with Crippen molar-refractivity contribution >= 4 is 61.8 Å². The molecule has 14 heteroatoms. The van der Waals surface area contributed by atoms with Gasteiger partial charge in [0.05, 0.1) is 39.9 Å². The van der Waals surface area contributed by atoms with Crippen molar-refractivity contribution in [2.45, 2.75) is 57.9 Å². The summed E-state index contributed by atoms with van der Waals surface area (Å²) >= 11 is 6.91. The summed E-state index contributed by atoms with van der Waals surface area (Å²) in [6, 6.07) is 31.0. The fourth-order valence-electron chi connectivity index (χ4n) is 7.27. The maximum atomic E-state index is 14.6. The van der Waals surface area contributed by atoms with Crippen molar-refractivity contribution in [3.05, 3.63) is 153 Å². The Morgan fingerprint density at radius 3 is 2.32 bits per heavy atom. The predicted molar refractivity (Wildman–Crippen MR) is 230 cm³/mol. The molecule has 0 saturated carbocycles. The summed E-state index contributed by atoms with van der Waals surface area (Å²) in [5, 5.41) is 6.31. The van der Waals surface area contributed by atoms with E-state index in [-0.39, 0.29) is 51.4 Å². The van der Waals surface area contributed by atoms with Gasteiger partial charge in [-0.15, -0.1) is 0 Å². The minimum absolute atomic E-state index is 0.0468. The highest BCUT2D eigenvalue weighted by Gasteiger charge is 2.30. The van der Waals surface area contributed by atoms with Crippen LogP contribution in [0.2, 0.25) is 5.02 Å². The number of rotatable bonds is 13. The van der Waals surface area contributed by atoms with E-state index in [1.807, 2.05) is 43.3 Å². The maximum absolute atomic E-state index is 14.6. The third-order valence-corrected chi connectivity index (χ3v) is 12.3. The van der Waals surface area contributed by atoms with E-state index in [4.69, 9.17) is 21.4 Å². The van der Waals surface area contributed by atoms with Crippen molar-refractivity contribution in [1.29, 1.82) is 0 Å². The van der Waals surface area contributed by atoms with E-state index in [2.05, 4.69) is 4.72 Å². The second-order valence-corrected chi connectivity index (χ2v) is 16.6. The highest BCUT2D eigenvalue weighted by atomic mass is 35.5. The maximum Gasteiger partial charge on any atom is 0.310 e. The van der Waals surface area contributed by atoms with Gasteiger partial charge in [-0.3, -0.25) is 19.2 Å². The average molecular weight is 846 g/mol. The van der Waals surface area contributed by atoms with Crippen molar-refractivity contribution in [1.82, 2.24) is 19.4 Å². The second kappa shape index (κ2) is 17.9. The summed E-state index contributed by atoms with van der Waals surface area (Å²) in [7, 11) is -4.31. The van der Waals surface area contributed by atoms with Crippen LogP contribution in [0.25, 0.3) is 16.5 Å². The summed E-state index contributed by atoms with van der Waals surface area (Å²) in [4.78, 5) is 57.9. The molecule has 0 aliphatic carbocycles. The summed E-state index contributed by atoms with van der Waals surface area (Å²) in [6.45, 7) is 6.79. The van der Waals surface area contributed by atoms with Crippen molar-refractivity contribution in [3.63, 3.8) is 0 Å². The third-order valence-electron chi connectivity index (χ3n) is 10.5. The van der Waals surface area contributed by atoms with Gasteiger partial charge in [-0.25, -0.2) is 17.8 Å². The van der Waals surface area contributed by atoms with Gasteiger partial charge in [-0.2, -0.15) is 5.10 Å². The van der Waals surface area contributed by atoms with Crippen LogP contribution in [0.4, 0.5) is 5.69 Å². The molecule has 0 atom stereocenters. The van der Waals surface area contributed by atoms with Crippen LogP contribution in [-0.4, -0.2) is 66.5 Å². The number of nitrogens with zero attached hydrogens (tertiary/aromatic N) is 4. The lowest BCUT2D eigenvalue weighted by Crippen LogP contribution is -2.37. The quantitative estimate of drug-likeness (QED) is 0.116. The van der Waals surface area contributed by atoms with Gasteiger partial charge in [-0.1, -0.05) is 91.7 Å². The predicted octanol–water partition coefficient (Wildman–Crippen LogP) is 7.86. The first-order chi connectivity index (χ1) is 28.9. The first-order valence-corrected chi connectivity index (χ1v) is 21.6. The molecule has 2 heterocycles. The highest BCUT2D eigenvalue weighted by molar-refractivity contribution is 7.90. The molecule has 0 saturated heterocycles. The van der Waals surface area contributed by atoms with Crippen LogP contribution in [0.1, 0.15) is 80.3 Å². The number of carbonyl (C=O) groups is 4. The van der Waals surface area contributed by atoms with Crippen molar-refractivity contribution in [3.8, 4) is 5.69 Å². The molecule has 0 spiro atoms. The Balaban J connectivity index is 1.24. The molecular weight excluding hydrogens is 802 g/mol. The Labute approximate surface area is 353 Å². The average Bonchev–Trinajstić information content (AvgIpc) is 3.55. The van der Waals surface area contributed by atoms with Crippen LogP contribution in [0.3, 0.4) is 0 Å². The first kappa shape index (κ1) is 41.8. The number of sulfonamides is 1. The molecule has 1 N–H and O–H groups in total. The van der Waals surface area contributed by atoms with Crippen LogP contribution in [0.5, 0.6) is 0 Å². The van der Waals surface area contributed by atoms with Gasteiger partial charge in [0.2, 0.25) is 0 Å². The van der Waals surface area contributed by atoms with Crippen LogP contribution >= 0.6 is 11.6 Å². The standard InChI is InChI=1S/C46H44ClN5O7S/c1-4-6-24-51(37-19-15-31(16-20-37)26-41(53)59-5-2)46(56)43-42(47)30(3)52(48-43)40-22-18-35(28-39(40)45(55)50-25-23-33-12-8-10-14-36(33)29-50)44(54)49-60(57,58)38-21-17-32-11-7-9-13-34(32)27-38/h7-22,27-28H,4-6,23-26,29H2,1-3H3,(H,49,54). The third kappa shape index (κ3) is 8.82. The molecule has 5 aromatic carbocycles. The molecule has 3 amide bonds. The number of fused-ring (bicyclic) bond motifs is 2. The fraction of sp³-hybridized carbons (Fsp3) is 0.239. The number of ether oxygens (including phenoxy) is 1. The number of anilines is 1. The number of unbranched alkanes of at least 4 members (excludes halogenated alkanes) is 1. The topological polar surface area (TPSA) is 148 Å². The normalized spacial score (nSPS) is 12.5. The molecule has 0 radical (unpaired) electrons. The van der Waals surface area contributed by atoms with Gasteiger partial charge in [0.25, 0.3) is 27.7 Å². The number of esters is 1. The van der Waals surface area contributed by atoms with Crippen LogP contribution in [0.15, 0.2) is 114 Å². The lowest BCUT2D eigenvalue weighted by atomic mass is 9.98. The molecule has 1 aliphatic rings. The lowest BCUT2D eigenvalue weighted by molar-refractivity contribution is -0.142. The van der Waals surface area contributed by atoms with Crippen molar-refractivity contribution < 1.29 is 32.3 Å². The molecule has 308 valence electrons. The molecule has 0 bridgehead atoms. The number of halogens is 1. The molecule has 6 aromatic rings. The Kier molecular flexibility index (Phi) is 12.5. The van der Waals surface area contributed by atoms with E-state index in [1.165, 1.54) is 35.0 Å². The van der Waals surface area contributed by atoms with Gasteiger partial charge >= 0.3 is 5.97 Å². The summed E-state index contributed by atoms with van der Waals surface area (Å²) in [5.74, 6) is -2.17. The van der Waals surface area contributed by atoms with Crippen LogP contribution in [0, 0.1) is 6.92 Å². The van der Waals surface area contributed by atoms with E-state index in [1.54, 1.807) is 66.1 Å². The first-order valence-electron chi connectivity index (χ1n) is 19.8. The minimum Gasteiger partial charge on any atom is -0.466 e. The van der Waals surface area contributed by atoms with Crippen molar-refractivity contribution in [2.24, 2.45) is 0 Å². The summed E-state index contributed by atoms with van der Waals surface area (Å²) in [6.07, 6.45) is 2.20. The number of benzene rings is 5. The molecule has 0 unspecified atom stereocenters. The van der Waals surface area contributed by atoms with Gasteiger partial charge in [0.15, 0.2) is 5.69 Å². The minimum atomic E-state index is -4.31. The number of amides is 3. The second-order valence-electron chi connectivity index (χ2n) is 14.5. The number of aromatic nitrogens is 2. The van der Waals surface area contributed by atoms with E-state index in [0.29, 0.717) is 49.2 Å². The van der Waals surface area contributed by atoms with Crippen LogP contribution < -0.4 is 9.62 Å². The Morgan fingerprint density at radius 1 is 0.867 bits per heavy atom. The van der Waals surface area contributed by atoms with E-state index in [9.17, 15) is 27.6 Å². The fourth-order valence-corrected chi connectivity index (χ4v) is 8.47. The van der Waals surface area contributed by atoms with Gasteiger partial charge < -0.3 is 14.5 Å². The number of carbonyl (C=O) groups excluding carboxylic acids is 4. The van der Waals surface area contributed by atoms with Gasteiger partial charge in [0, 0.05) is 30.9 Å². The molecule has 7 rings (SSSR count). The molecule has 0 fully saturated rings. The smallest absolute Gasteiger partial charge is 0.310 e. The van der Waals surface area contributed by atoms with E-state index < -0.39 is 27.7 Å². The largest absolute Gasteiger partial charge is 0.466 e.